The Morgan fingerprint density at radius 3 is 2.23 bits per heavy atom. The number of benzene rings is 4. The summed E-state index contributed by atoms with van der Waals surface area (Å²) in [6.07, 6.45) is 0. The lowest BCUT2D eigenvalue weighted by molar-refractivity contribution is 0.461. The second kappa shape index (κ2) is 8.20. The van der Waals surface area contributed by atoms with Gasteiger partial charge < -0.3 is 7.58 Å². The normalized spacial score (nSPS) is 10.8. The van der Waals surface area contributed by atoms with E-state index in [9.17, 15) is 0 Å². The summed E-state index contributed by atoms with van der Waals surface area (Å²) in [5.41, 5.74) is 4.21. The van der Waals surface area contributed by atoms with E-state index in [1.54, 1.807) is 0 Å². The van der Waals surface area contributed by atoms with Crippen LogP contribution in [0.4, 0.5) is 0 Å². The first kappa shape index (κ1) is 18.7. The van der Waals surface area contributed by atoms with Gasteiger partial charge in [-0.3, -0.25) is 0 Å². The zero-order valence-electron chi connectivity index (χ0n) is 16.6. The average Bonchev–Trinajstić information content (AvgIpc) is 2.79. The van der Waals surface area contributed by atoms with Gasteiger partial charge >= 0.3 is 15.9 Å². The molecule has 1 heterocycles. The Bertz CT molecular complexity index is 1330. The average molecular weight is 404 g/mol. The molecule has 0 unspecified atom stereocenters. The topological polar surface area (TPSA) is 31.4 Å². The van der Waals surface area contributed by atoms with Crippen LogP contribution in [-0.2, 0) is 0 Å². The van der Waals surface area contributed by atoms with Crippen LogP contribution in [0.5, 0.6) is 11.5 Å². The van der Waals surface area contributed by atoms with Gasteiger partial charge in [-0.15, -0.1) is 0 Å². The van der Waals surface area contributed by atoms with Crippen molar-refractivity contribution >= 4 is 37.6 Å². The number of fused-ring (bicyclic) bond motifs is 2. The van der Waals surface area contributed by atoms with Crippen LogP contribution in [0.1, 0.15) is 5.69 Å². The van der Waals surface area contributed by atoms with Crippen molar-refractivity contribution in [1.82, 2.24) is 4.98 Å². The predicted octanol–water partition coefficient (Wildman–Crippen LogP) is 6.36. The molecular formula is C26H19AlNO2. The number of aryl methyl sites for hydroxylation is 1. The van der Waals surface area contributed by atoms with Crippen LogP contribution in [0.15, 0.2) is 97.1 Å². The highest BCUT2D eigenvalue weighted by molar-refractivity contribution is 6.21. The summed E-state index contributed by atoms with van der Waals surface area (Å²) in [6.45, 7) is 1.98. The Kier molecular flexibility index (Phi) is 5.11. The number of pyridine rings is 1. The number of rotatable bonds is 5. The summed E-state index contributed by atoms with van der Waals surface area (Å²) < 4.78 is 11.8. The number of nitrogens with zero attached hydrogens (tertiary/aromatic N) is 1. The summed E-state index contributed by atoms with van der Waals surface area (Å²) in [7, 11) is 0. The lowest BCUT2D eigenvalue weighted by atomic mass is 10.0. The van der Waals surface area contributed by atoms with Gasteiger partial charge in [0, 0.05) is 11.1 Å². The van der Waals surface area contributed by atoms with E-state index in [4.69, 9.17) is 7.58 Å². The van der Waals surface area contributed by atoms with E-state index in [1.807, 2.05) is 43.3 Å². The minimum absolute atomic E-state index is 0.686. The molecule has 143 valence electrons. The molecule has 0 fully saturated rings. The van der Waals surface area contributed by atoms with E-state index < -0.39 is 15.9 Å². The molecule has 0 amide bonds. The molecule has 5 rings (SSSR count). The summed E-state index contributed by atoms with van der Waals surface area (Å²) in [6, 6.07) is 33.1. The Hall–Kier alpha value is -3.32. The van der Waals surface area contributed by atoms with Crippen LogP contribution in [0.3, 0.4) is 0 Å². The van der Waals surface area contributed by atoms with E-state index in [1.165, 1.54) is 16.3 Å². The molecule has 1 radical (unpaired) electrons. The minimum atomic E-state index is -0.686. The number of hydrogen-bond acceptors (Lipinski definition) is 3. The molecule has 4 aromatic carbocycles. The fourth-order valence-electron chi connectivity index (χ4n) is 3.54. The maximum Gasteiger partial charge on any atom is 0.881 e. The predicted molar refractivity (Wildman–Crippen MR) is 123 cm³/mol. The van der Waals surface area contributed by atoms with Crippen LogP contribution in [0.2, 0.25) is 0 Å². The molecule has 0 N–H and O–H groups in total. The highest BCUT2D eigenvalue weighted by Gasteiger charge is 2.10. The maximum atomic E-state index is 5.94. The molecule has 4 heteroatoms. The number of aromatic nitrogens is 1. The van der Waals surface area contributed by atoms with Crippen LogP contribution in [0.25, 0.3) is 32.8 Å². The zero-order chi connectivity index (χ0) is 20.3. The van der Waals surface area contributed by atoms with E-state index in [0.29, 0.717) is 0 Å². The van der Waals surface area contributed by atoms with Gasteiger partial charge in [0.1, 0.15) is 11.3 Å². The van der Waals surface area contributed by atoms with Gasteiger partial charge in [-0.25, -0.2) is 4.98 Å². The third kappa shape index (κ3) is 3.89. The first-order valence-corrected chi connectivity index (χ1v) is 10.8. The van der Waals surface area contributed by atoms with Gasteiger partial charge in [0.2, 0.25) is 0 Å². The molecule has 3 nitrogen and oxygen atoms in total. The Morgan fingerprint density at radius 1 is 0.633 bits per heavy atom. The van der Waals surface area contributed by atoms with Gasteiger partial charge in [0.25, 0.3) is 0 Å². The first-order valence-electron chi connectivity index (χ1n) is 9.87. The van der Waals surface area contributed by atoms with Crippen molar-refractivity contribution in [3.05, 3.63) is 103 Å². The molecule has 0 aliphatic heterocycles. The van der Waals surface area contributed by atoms with Crippen LogP contribution >= 0.6 is 0 Å². The molecule has 30 heavy (non-hydrogen) atoms. The lowest BCUT2D eigenvalue weighted by Gasteiger charge is -2.11. The summed E-state index contributed by atoms with van der Waals surface area (Å²) in [4.78, 5) is 4.60. The molecule has 5 aromatic rings. The number of hydrogen-bond donors (Lipinski definition) is 0. The van der Waals surface area contributed by atoms with Crippen LogP contribution < -0.4 is 7.58 Å². The molecule has 1 aromatic heterocycles. The second-order valence-electron chi connectivity index (χ2n) is 7.20. The molecular weight excluding hydrogens is 385 g/mol. The van der Waals surface area contributed by atoms with Gasteiger partial charge in [-0.2, -0.15) is 0 Å². The molecule has 0 saturated carbocycles. The van der Waals surface area contributed by atoms with E-state index in [2.05, 4.69) is 65.6 Å². The van der Waals surface area contributed by atoms with E-state index in [-0.39, 0.29) is 0 Å². The van der Waals surface area contributed by atoms with Crippen molar-refractivity contribution in [2.45, 2.75) is 6.92 Å². The van der Waals surface area contributed by atoms with Crippen molar-refractivity contribution in [2.75, 3.05) is 0 Å². The summed E-state index contributed by atoms with van der Waals surface area (Å²) >= 11 is -0.686. The van der Waals surface area contributed by atoms with E-state index >= 15 is 0 Å². The molecule has 0 spiro atoms. The Morgan fingerprint density at radius 2 is 1.37 bits per heavy atom. The smallest absolute Gasteiger partial charge is 0.616 e. The van der Waals surface area contributed by atoms with E-state index in [0.717, 1.165) is 33.7 Å². The fraction of sp³-hybridized carbons (Fsp3) is 0.0385. The largest absolute Gasteiger partial charge is 0.881 e. The van der Waals surface area contributed by atoms with Crippen LogP contribution in [-0.4, -0.2) is 20.9 Å². The second-order valence-corrected chi connectivity index (χ2v) is 7.86. The maximum absolute atomic E-state index is 5.94. The Balaban J connectivity index is 1.28. The highest BCUT2D eigenvalue weighted by atomic mass is 27.2. The monoisotopic (exact) mass is 404 g/mol. The molecule has 0 saturated heterocycles. The van der Waals surface area contributed by atoms with Gasteiger partial charge in [-0.05, 0) is 59.2 Å². The number of para-hydroxylation sites is 1. The van der Waals surface area contributed by atoms with Crippen molar-refractivity contribution in [3.63, 3.8) is 0 Å². The molecule has 0 aliphatic rings. The zero-order valence-corrected chi connectivity index (χ0v) is 17.7. The fourth-order valence-corrected chi connectivity index (χ4v) is 4.15. The minimum Gasteiger partial charge on any atom is -0.616 e. The third-order valence-electron chi connectivity index (χ3n) is 5.12. The standard InChI is InChI=1S/C16H12O.C10H9NO.Al/c17-16-9-7-13(8-10-16)15-6-5-12-3-1-2-4-14(12)11-15;1-7-5-6-8-3-2-4-9(12)10(8)11-7;/h1-11,17H;2-6,12H,1H3;/q;;+2/p-2. The summed E-state index contributed by atoms with van der Waals surface area (Å²) in [5.74, 6) is 1.57. The highest BCUT2D eigenvalue weighted by Crippen LogP contribution is 2.27. The van der Waals surface area contributed by atoms with Gasteiger partial charge in [0.05, 0.1) is 5.75 Å². The first-order chi connectivity index (χ1) is 14.8. The van der Waals surface area contributed by atoms with Crippen molar-refractivity contribution in [1.29, 1.82) is 0 Å². The molecule has 0 aliphatic carbocycles. The van der Waals surface area contributed by atoms with Crippen LogP contribution in [0, 0.1) is 6.92 Å². The quantitative estimate of drug-likeness (QED) is 0.320. The lowest BCUT2D eigenvalue weighted by Crippen LogP contribution is -2.11. The van der Waals surface area contributed by atoms with Crippen molar-refractivity contribution < 1.29 is 7.58 Å². The third-order valence-corrected chi connectivity index (χ3v) is 5.84. The van der Waals surface area contributed by atoms with Crippen molar-refractivity contribution in [3.8, 4) is 22.6 Å². The molecule has 0 bridgehead atoms. The van der Waals surface area contributed by atoms with Gasteiger partial charge in [0.15, 0.2) is 0 Å². The van der Waals surface area contributed by atoms with Gasteiger partial charge in [-0.1, -0.05) is 66.7 Å². The molecule has 0 atom stereocenters. The Labute approximate surface area is 182 Å². The SMILES string of the molecule is Cc1ccc2cccc([O][Al][O]c3ccc(-c4ccc5ccccc5c4)cc3)c2n1. The summed E-state index contributed by atoms with van der Waals surface area (Å²) in [5, 5.41) is 3.56. The van der Waals surface area contributed by atoms with Crippen molar-refractivity contribution in [2.24, 2.45) is 0 Å².